The van der Waals surface area contributed by atoms with Crippen LogP contribution < -0.4 is 0 Å². The third-order valence-corrected chi connectivity index (χ3v) is 4.46. The Morgan fingerprint density at radius 3 is 2.81 bits per heavy atom. The standard InChI is InChI=1S/C11H17NO3S/c1-2-15-11(14)4-3-10(13)12-6-9-5-8(12)7-16-9/h8-9H,2-7H2,1H3/t8-,9+/m0/s1. The van der Waals surface area contributed by atoms with Crippen molar-refractivity contribution in [2.45, 2.75) is 37.5 Å². The van der Waals surface area contributed by atoms with Crippen LogP contribution in [0.1, 0.15) is 26.2 Å². The molecule has 0 radical (unpaired) electrons. The molecule has 0 unspecified atom stereocenters. The Morgan fingerprint density at radius 1 is 1.44 bits per heavy atom. The Kier molecular flexibility index (Phi) is 3.74. The summed E-state index contributed by atoms with van der Waals surface area (Å²) < 4.78 is 4.80. The van der Waals surface area contributed by atoms with Crippen LogP contribution in [0.3, 0.4) is 0 Å². The predicted octanol–water partition coefficient (Wildman–Crippen LogP) is 1.05. The van der Waals surface area contributed by atoms with Crippen molar-refractivity contribution >= 4 is 23.6 Å². The van der Waals surface area contributed by atoms with E-state index in [1.54, 1.807) is 6.92 Å². The second kappa shape index (κ2) is 5.08. The van der Waals surface area contributed by atoms with Gasteiger partial charge >= 0.3 is 5.97 Å². The van der Waals surface area contributed by atoms with Crippen molar-refractivity contribution in [1.29, 1.82) is 0 Å². The molecular weight excluding hydrogens is 226 g/mol. The van der Waals surface area contributed by atoms with E-state index in [0.717, 1.165) is 18.7 Å². The summed E-state index contributed by atoms with van der Waals surface area (Å²) in [5, 5.41) is 0.636. The zero-order valence-corrected chi connectivity index (χ0v) is 10.3. The largest absolute Gasteiger partial charge is 0.466 e. The van der Waals surface area contributed by atoms with E-state index in [4.69, 9.17) is 4.74 Å². The number of fused-ring (bicyclic) bond motifs is 2. The molecule has 0 spiro atoms. The average Bonchev–Trinajstić information content (AvgIpc) is 2.88. The van der Waals surface area contributed by atoms with Gasteiger partial charge in [-0.2, -0.15) is 11.8 Å². The summed E-state index contributed by atoms with van der Waals surface area (Å²) in [6.07, 6.45) is 1.65. The van der Waals surface area contributed by atoms with Crippen LogP contribution in [-0.2, 0) is 14.3 Å². The highest BCUT2D eigenvalue weighted by atomic mass is 32.2. The monoisotopic (exact) mass is 243 g/mol. The van der Waals surface area contributed by atoms with Gasteiger partial charge in [-0.25, -0.2) is 0 Å². The molecule has 90 valence electrons. The average molecular weight is 243 g/mol. The van der Waals surface area contributed by atoms with Gasteiger partial charge in [-0.15, -0.1) is 0 Å². The number of rotatable bonds is 4. The Hall–Kier alpha value is -0.710. The first-order valence-corrected chi connectivity index (χ1v) is 6.82. The molecule has 2 atom stereocenters. The summed E-state index contributed by atoms with van der Waals surface area (Å²) in [5.41, 5.74) is 0. The lowest BCUT2D eigenvalue weighted by molar-refractivity contribution is -0.145. The topological polar surface area (TPSA) is 46.6 Å². The fourth-order valence-corrected chi connectivity index (χ4v) is 3.73. The van der Waals surface area contributed by atoms with Gasteiger partial charge in [0.25, 0.3) is 0 Å². The first-order chi connectivity index (χ1) is 7.70. The lowest BCUT2D eigenvalue weighted by atomic mass is 10.2. The molecule has 1 amide bonds. The molecule has 2 heterocycles. The number of esters is 1. The zero-order chi connectivity index (χ0) is 11.5. The third-order valence-electron chi connectivity index (χ3n) is 3.07. The summed E-state index contributed by atoms with van der Waals surface area (Å²) in [5.74, 6) is 0.908. The van der Waals surface area contributed by atoms with Crippen LogP contribution in [0.4, 0.5) is 0 Å². The molecule has 16 heavy (non-hydrogen) atoms. The Balaban J connectivity index is 1.74. The third kappa shape index (κ3) is 2.51. The van der Waals surface area contributed by atoms with Crippen LogP contribution >= 0.6 is 11.8 Å². The minimum Gasteiger partial charge on any atom is -0.466 e. The van der Waals surface area contributed by atoms with E-state index in [9.17, 15) is 9.59 Å². The Bertz CT molecular complexity index is 295. The van der Waals surface area contributed by atoms with Gasteiger partial charge in [-0.05, 0) is 13.3 Å². The molecule has 0 saturated carbocycles. The summed E-state index contributed by atoms with van der Waals surface area (Å²) >= 11 is 1.96. The number of ether oxygens (including phenoxy) is 1. The first kappa shape index (κ1) is 11.8. The minimum atomic E-state index is -0.269. The van der Waals surface area contributed by atoms with E-state index < -0.39 is 0 Å². The minimum absolute atomic E-state index is 0.112. The number of thioether (sulfide) groups is 1. The fraction of sp³-hybridized carbons (Fsp3) is 0.818. The lowest BCUT2D eigenvalue weighted by Crippen LogP contribution is -2.39. The maximum absolute atomic E-state index is 11.9. The number of hydrogen-bond acceptors (Lipinski definition) is 4. The molecule has 0 aliphatic carbocycles. The SMILES string of the molecule is CCOC(=O)CCC(=O)N1C[C@H]2C[C@H]1CS2. The number of amides is 1. The van der Waals surface area contributed by atoms with Crippen LogP contribution in [-0.4, -0.2) is 47.0 Å². The first-order valence-electron chi connectivity index (χ1n) is 5.77. The molecule has 0 aromatic rings. The van der Waals surface area contributed by atoms with E-state index >= 15 is 0 Å². The maximum atomic E-state index is 11.9. The second-order valence-electron chi connectivity index (χ2n) is 4.20. The van der Waals surface area contributed by atoms with Crippen molar-refractivity contribution in [2.24, 2.45) is 0 Å². The molecule has 0 aromatic carbocycles. The van der Waals surface area contributed by atoms with Gasteiger partial charge in [-0.1, -0.05) is 0 Å². The van der Waals surface area contributed by atoms with Gasteiger partial charge in [0.1, 0.15) is 0 Å². The van der Waals surface area contributed by atoms with Crippen LogP contribution in [0.5, 0.6) is 0 Å². The summed E-state index contributed by atoms with van der Waals surface area (Å²) in [6.45, 7) is 3.03. The number of carbonyl (C=O) groups excluding carboxylic acids is 2. The van der Waals surface area contributed by atoms with Crippen molar-refractivity contribution in [2.75, 3.05) is 18.9 Å². The summed E-state index contributed by atoms with van der Waals surface area (Å²) in [7, 11) is 0. The van der Waals surface area contributed by atoms with Gasteiger partial charge in [-0.3, -0.25) is 9.59 Å². The highest BCUT2D eigenvalue weighted by Crippen LogP contribution is 2.37. The second-order valence-corrected chi connectivity index (χ2v) is 5.53. The van der Waals surface area contributed by atoms with Crippen molar-refractivity contribution in [3.8, 4) is 0 Å². The zero-order valence-electron chi connectivity index (χ0n) is 9.48. The van der Waals surface area contributed by atoms with Crippen molar-refractivity contribution in [3.63, 3.8) is 0 Å². The van der Waals surface area contributed by atoms with E-state index in [-0.39, 0.29) is 18.3 Å². The molecule has 2 saturated heterocycles. The van der Waals surface area contributed by atoms with Crippen molar-refractivity contribution in [1.82, 2.24) is 4.90 Å². The highest BCUT2D eigenvalue weighted by Gasteiger charge is 2.40. The van der Waals surface area contributed by atoms with Crippen molar-refractivity contribution in [3.05, 3.63) is 0 Å². The number of hydrogen-bond donors (Lipinski definition) is 0. The molecular formula is C11H17NO3S. The number of likely N-dealkylation sites (tertiary alicyclic amines) is 1. The van der Waals surface area contributed by atoms with E-state index in [0.29, 0.717) is 24.3 Å². The van der Waals surface area contributed by atoms with Gasteiger partial charge in [0.05, 0.1) is 13.0 Å². The summed E-state index contributed by atoms with van der Waals surface area (Å²) in [4.78, 5) is 24.9. The summed E-state index contributed by atoms with van der Waals surface area (Å²) in [6, 6.07) is 0.421. The molecule has 4 nitrogen and oxygen atoms in total. The number of nitrogens with zero attached hydrogens (tertiary/aromatic N) is 1. The van der Waals surface area contributed by atoms with Crippen LogP contribution in [0.25, 0.3) is 0 Å². The van der Waals surface area contributed by atoms with E-state index in [1.807, 2.05) is 16.7 Å². The van der Waals surface area contributed by atoms with Crippen LogP contribution in [0.2, 0.25) is 0 Å². The van der Waals surface area contributed by atoms with Crippen LogP contribution in [0.15, 0.2) is 0 Å². The number of carbonyl (C=O) groups is 2. The molecule has 2 fully saturated rings. The van der Waals surface area contributed by atoms with E-state index in [1.165, 1.54) is 0 Å². The van der Waals surface area contributed by atoms with Crippen LogP contribution in [0, 0.1) is 0 Å². The van der Waals surface area contributed by atoms with Gasteiger partial charge in [0.2, 0.25) is 5.91 Å². The Labute approximate surface area is 99.7 Å². The van der Waals surface area contributed by atoms with Gasteiger partial charge < -0.3 is 9.64 Å². The lowest BCUT2D eigenvalue weighted by Gasteiger charge is -2.26. The van der Waals surface area contributed by atoms with Crippen molar-refractivity contribution < 1.29 is 14.3 Å². The molecule has 0 aromatic heterocycles. The molecule has 2 bridgehead atoms. The normalized spacial score (nSPS) is 27.2. The van der Waals surface area contributed by atoms with Gasteiger partial charge in [0, 0.05) is 30.0 Å². The molecule has 2 rings (SSSR count). The van der Waals surface area contributed by atoms with E-state index in [2.05, 4.69) is 0 Å². The smallest absolute Gasteiger partial charge is 0.306 e. The molecule has 0 N–H and O–H groups in total. The Morgan fingerprint density at radius 2 is 2.25 bits per heavy atom. The predicted molar refractivity (Wildman–Crippen MR) is 62.2 cm³/mol. The maximum Gasteiger partial charge on any atom is 0.306 e. The molecule has 2 aliphatic heterocycles. The molecule has 2 aliphatic rings. The van der Waals surface area contributed by atoms with Gasteiger partial charge in [0.15, 0.2) is 0 Å². The highest BCUT2D eigenvalue weighted by molar-refractivity contribution is 8.00. The quantitative estimate of drug-likeness (QED) is 0.692. The fourth-order valence-electron chi connectivity index (χ4n) is 2.29. The molecule has 5 heteroatoms.